The second kappa shape index (κ2) is 9.01. The fourth-order valence-electron chi connectivity index (χ4n) is 4.16. The van der Waals surface area contributed by atoms with Gasteiger partial charge in [0.1, 0.15) is 12.7 Å². The molecule has 1 amide bonds. The molecule has 0 spiro atoms. The summed E-state index contributed by atoms with van der Waals surface area (Å²) in [6.07, 6.45) is 4.17. The Morgan fingerprint density at radius 2 is 1.88 bits per heavy atom. The Kier molecular flexibility index (Phi) is 5.77. The van der Waals surface area contributed by atoms with Gasteiger partial charge in [-0.05, 0) is 57.1 Å². The first-order valence-corrected chi connectivity index (χ1v) is 11.1. The number of nitrogens with zero attached hydrogens (tertiary/aromatic N) is 2. The minimum Gasteiger partial charge on any atom is -0.486 e. The normalized spacial score (nSPS) is 17.8. The molecule has 2 aromatic carbocycles. The highest BCUT2D eigenvalue weighted by atomic mass is 16.6. The summed E-state index contributed by atoms with van der Waals surface area (Å²) in [4.78, 5) is 19.6. The van der Waals surface area contributed by atoms with Gasteiger partial charge in [0.15, 0.2) is 11.5 Å². The lowest BCUT2D eigenvalue weighted by Crippen LogP contribution is -2.39. The number of hydrogen-bond acceptors (Lipinski definition) is 5. The monoisotopic (exact) mass is 429 g/mol. The van der Waals surface area contributed by atoms with E-state index >= 15 is 0 Å². The maximum Gasteiger partial charge on any atom is 0.257 e. The number of anilines is 1. The molecule has 1 fully saturated rings. The molecule has 0 radical (unpaired) electrons. The first kappa shape index (κ1) is 20.5. The summed E-state index contributed by atoms with van der Waals surface area (Å²) in [6.45, 7) is 5.74. The van der Waals surface area contributed by atoms with Gasteiger partial charge in [-0.3, -0.25) is 14.7 Å². The van der Waals surface area contributed by atoms with Crippen LogP contribution in [0.2, 0.25) is 0 Å². The lowest BCUT2D eigenvalue weighted by molar-refractivity contribution is 0.0651. The Balaban J connectivity index is 1.22. The van der Waals surface area contributed by atoms with Gasteiger partial charge in [-0.25, -0.2) is 0 Å². The summed E-state index contributed by atoms with van der Waals surface area (Å²) in [5.41, 5.74) is 4.23. The van der Waals surface area contributed by atoms with E-state index in [9.17, 15) is 4.79 Å². The van der Waals surface area contributed by atoms with Crippen molar-refractivity contribution in [3.8, 4) is 22.8 Å². The molecule has 1 N–H and O–H groups in total. The molecule has 6 heteroatoms. The van der Waals surface area contributed by atoms with E-state index in [2.05, 4.69) is 22.1 Å². The predicted molar refractivity (Wildman–Crippen MR) is 124 cm³/mol. The van der Waals surface area contributed by atoms with Gasteiger partial charge in [-0.15, -0.1) is 0 Å². The molecule has 164 valence electrons. The minimum atomic E-state index is -0.212. The van der Waals surface area contributed by atoms with E-state index in [0.29, 0.717) is 23.6 Å². The van der Waals surface area contributed by atoms with Crippen molar-refractivity contribution in [3.63, 3.8) is 0 Å². The van der Waals surface area contributed by atoms with Gasteiger partial charge < -0.3 is 14.8 Å². The van der Waals surface area contributed by atoms with Crippen molar-refractivity contribution < 1.29 is 14.3 Å². The molecule has 2 aliphatic rings. The van der Waals surface area contributed by atoms with Crippen molar-refractivity contribution in [3.05, 3.63) is 71.9 Å². The first-order valence-electron chi connectivity index (χ1n) is 11.1. The number of hydrogen-bond donors (Lipinski definition) is 1. The number of pyridine rings is 1. The summed E-state index contributed by atoms with van der Waals surface area (Å²) in [5.74, 6) is 1.17. The third-order valence-electron chi connectivity index (χ3n) is 5.95. The fraction of sp³-hybridized carbons (Fsp3) is 0.308. The van der Waals surface area contributed by atoms with Crippen LogP contribution in [-0.2, 0) is 0 Å². The number of rotatable bonds is 5. The van der Waals surface area contributed by atoms with E-state index in [4.69, 9.17) is 9.47 Å². The first-order chi connectivity index (χ1) is 15.6. The molecule has 5 rings (SSSR count). The minimum absolute atomic E-state index is 0.0409. The number of benzene rings is 2. The third-order valence-corrected chi connectivity index (χ3v) is 5.95. The summed E-state index contributed by atoms with van der Waals surface area (Å²) < 4.78 is 12.0. The van der Waals surface area contributed by atoms with Crippen LogP contribution < -0.4 is 14.8 Å². The maximum absolute atomic E-state index is 12.7. The van der Waals surface area contributed by atoms with Crippen molar-refractivity contribution >= 4 is 11.6 Å². The van der Waals surface area contributed by atoms with Crippen molar-refractivity contribution in [2.45, 2.75) is 25.9 Å². The largest absolute Gasteiger partial charge is 0.486 e. The molecular formula is C26H27N3O3. The number of fused-ring (bicyclic) bond motifs is 1. The molecule has 6 nitrogen and oxygen atoms in total. The summed E-state index contributed by atoms with van der Waals surface area (Å²) >= 11 is 0. The smallest absolute Gasteiger partial charge is 0.257 e. The Morgan fingerprint density at radius 1 is 1.06 bits per heavy atom. The quantitative estimate of drug-likeness (QED) is 0.645. The van der Waals surface area contributed by atoms with Gasteiger partial charge in [0.2, 0.25) is 0 Å². The molecule has 3 heterocycles. The Hall–Kier alpha value is -3.38. The van der Waals surface area contributed by atoms with Crippen LogP contribution >= 0.6 is 0 Å². The molecule has 0 aliphatic carbocycles. The number of ether oxygens (including phenoxy) is 2. The van der Waals surface area contributed by atoms with E-state index < -0.39 is 0 Å². The van der Waals surface area contributed by atoms with Crippen molar-refractivity contribution in [2.24, 2.45) is 0 Å². The van der Waals surface area contributed by atoms with E-state index in [1.165, 1.54) is 18.4 Å². The number of carbonyl (C=O) groups excluding carboxylic acids is 1. The van der Waals surface area contributed by atoms with Crippen molar-refractivity contribution in [2.75, 3.05) is 31.6 Å². The Bertz CT molecular complexity index is 1090. The second-order valence-corrected chi connectivity index (χ2v) is 8.47. The van der Waals surface area contributed by atoms with Crippen LogP contribution in [0.1, 0.15) is 28.8 Å². The lowest BCUT2D eigenvalue weighted by Gasteiger charge is -2.29. The van der Waals surface area contributed by atoms with Crippen LogP contribution in [0.3, 0.4) is 0 Å². The van der Waals surface area contributed by atoms with Crippen LogP contribution in [0, 0.1) is 6.92 Å². The zero-order valence-corrected chi connectivity index (χ0v) is 18.2. The summed E-state index contributed by atoms with van der Waals surface area (Å²) in [6, 6.07) is 17.3. The van der Waals surface area contributed by atoms with Crippen LogP contribution in [0.15, 0.2) is 60.8 Å². The average Bonchev–Trinajstić information content (AvgIpc) is 3.33. The molecule has 1 aromatic heterocycles. The van der Waals surface area contributed by atoms with Gasteiger partial charge in [-0.2, -0.15) is 0 Å². The molecule has 1 atom stereocenters. The maximum atomic E-state index is 12.7. The zero-order valence-electron chi connectivity index (χ0n) is 18.2. The van der Waals surface area contributed by atoms with Gasteiger partial charge >= 0.3 is 0 Å². The lowest BCUT2D eigenvalue weighted by atomic mass is 10.1. The molecular weight excluding hydrogens is 402 g/mol. The van der Waals surface area contributed by atoms with E-state index in [0.717, 1.165) is 36.6 Å². The highest BCUT2D eigenvalue weighted by Crippen LogP contribution is 2.34. The standard InChI is InChI=1S/C26H27N3O3/c1-18-4-6-19(7-5-18)23-10-8-20(15-27-23)26(30)28-21-9-11-24-25(14-21)31-17-22(32-24)16-29-12-2-3-13-29/h4-11,14-15,22H,2-3,12-13,16-17H2,1H3,(H,28,30). The molecule has 2 aliphatic heterocycles. The SMILES string of the molecule is Cc1ccc(-c2ccc(C(=O)Nc3ccc4c(c3)OCC(CN3CCCC3)O4)cn2)cc1. The van der Waals surface area contributed by atoms with Crippen molar-refractivity contribution in [1.29, 1.82) is 0 Å². The summed E-state index contributed by atoms with van der Waals surface area (Å²) in [5, 5.41) is 2.92. The Morgan fingerprint density at radius 3 is 2.62 bits per heavy atom. The van der Waals surface area contributed by atoms with Crippen LogP contribution in [0.4, 0.5) is 5.69 Å². The fourth-order valence-corrected chi connectivity index (χ4v) is 4.16. The molecule has 1 unspecified atom stereocenters. The predicted octanol–water partition coefficient (Wildman–Crippen LogP) is 4.54. The number of amides is 1. The molecule has 0 bridgehead atoms. The Labute approximate surface area is 188 Å². The van der Waals surface area contributed by atoms with E-state index in [1.54, 1.807) is 12.3 Å². The van der Waals surface area contributed by atoms with Gasteiger partial charge in [0.05, 0.1) is 11.3 Å². The van der Waals surface area contributed by atoms with Gasteiger partial charge in [0, 0.05) is 30.1 Å². The van der Waals surface area contributed by atoms with Crippen LogP contribution in [0.5, 0.6) is 11.5 Å². The second-order valence-electron chi connectivity index (χ2n) is 8.47. The zero-order chi connectivity index (χ0) is 21.9. The highest BCUT2D eigenvalue weighted by Gasteiger charge is 2.25. The van der Waals surface area contributed by atoms with E-state index in [-0.39, 0.29) is 12.0 Å². The highest BCUT2D eigenvalue weighted by molar-refractivity contribution is 6.04. The average molecular weight is 430 g/mol. The van der Waals surface area contributed by atoms with E-state index in [1.807, 2.05) is 48.5 Å². The van der Waals surface area contributed by atoms with Gasteiger partial charge in [-0.1, -0.05) is 29.8 Å². The molecule has 32 heavy (non-hydrogen) atoms. The summed E-state index contributed by atoms with van der Waals surface area (Å²) in [7, 11) is 0. The van der Waals surface area contributed by atoms with Crippen molar-refractivity contribution in [1.82, 2.24) is 9.88 Å². The molecule has 3 aromatic rings. The number of aryl methyl sites for hydroxylation is 1. The number of nitrogens with one attached hydrogen (secondary N) is 1. The molecule has 0 saturated carbocycles. The number of carbonyl (C=O) groups is 1. The molecule has 1 saturated heterocycles. The van der Waals surface area contributed by atoms with Gasteiger partial charge in [0.25, 0.3) is 5.91 Å². The number of likely N-dealkylation sites (tertiary alicyclic amines) is 1. The third kappa shape index (κ3) is 4.60. The topological polar surface area (TPSA) is 63.7 Å². The van der Waals surface area contributed by atoms with Crippen LogP contribution in [0.25, 0.3) is 11.3 Å². The van der Waals surface area contributed by atoms with Crippen LogP contribution in [-0.4, -0.2) is 48.1 Å². The number of aromatic nitrogens is 1.